The first kappa shape index (κ1) is 12.7. The van der Waals surface area contributed by atoms with E-state index in [9.17, 15) is 0 Å². The number of pyridine rings is 1. The maximum atomic E-state index is 6.08. The molecule has 1 unspecified atom stereocenters. The molecule has 1 atom stereocenters. The number of aromatic nitrogens is 1. The van der Waals surface area contributed by atoms with Gasteiger partial charge in [-0.15, -0.1) is 0 Å². The van der Waals surface area contributed by atoms with Crippen molar-refractivity contribution in [1.82, 2.24) is 4.98 Å². The molecule has 0 radical (unpaired) electrons. The van der Waals surface area contributed by atoms with Gasteiger partial charge < -0.3 is 5.73 Å². The zero-order valence-electron chi connectivity index (χ0n) is 9.63. The van der Waals surface area contributed by atoms with Gasteiger partial charge in [0, 0.05) is 28.8 Å². The quantitative estimate of drug-likeness (QED) is 0.917. The van der Waals surface area contributed by atoms with Crippen molar-refractivity contribution in [2.45, 2.75) is 39.7 Å². The van der Waals surface area contributed by atoms with E-state index in [0.29, 0.717) is 0 Å². The number of nitrogens with zero attached hydrogens (tertiary/aromatic N) is 1. The summed E-state index contributed by atoms with van der Waals surface area (Å²) in [5.74, 6) is 0. The highest BCUT2D eigenvalue weighted by atomic mass is 79.9. The number of nitrogens with two attached hydrogens (primary N) is 1. The predicted octanol–water partition coefficient (Wildman–Crippen LogP) is 3.15. The van der Waals surface area contributed by atoms with Gasteiger partial charge >= 0.3 is 0 Å². The molecule has 0 aromatic carbocycles. The third-order valence-corrected chi connectivity index (χ3v) is 2.60. The molecule has 0 saturated heterocycles. The van der Waals surface area contributed by atoms with Crippen LogP contribution in [0.25, 0.3) is 0 Å². The Morgan fingerprint density at radius 1 is 1.40 bits per heavy atom. The van der Waals surface area contributed by atoms with Crippen molar-refractivity contribution < 1.29 is 0 Å². The van der Waals surface area contributed by atoms with Crippen LogP contribution in [0, 0.1) is 5.41 Å². The van der Waals surface area contributed by atoms with Crippen LogP contribution in [0.2, 0.25) is 0 Å². The minimum absolute atomic E-state index is 0.193. The molecule has 15 heavy (non-hydrogen) atoms. The molecule has 0 aliphatic heterocycles. The van der Waals surface area contributed by atoms with Gasteiger partial charge in [0.15, 0.2) is 0 Å². The molecule has 0 amide bonds. The Hall–Kier alpha value is -0.410. The van der Waals surface area contributed by atoms with Crippen molar-refractivity contribution >= 4 is 15.9 Å². The summed E-state index contributed by atoms with van der Waals surface area (Å²) < 4.78 is 1.01. The molecule has 2 nitrogen and oxygen atoms in total. The van der Waals surface area contributed by atoms with E-state index < -0.39 is 0 Å². The van der Waals surface area contributed by atoms with E-state index in [1.165, 1.54) is 0 Å². The first-order chi connectivity index (χ1) is 6.87. The summed E-state index contributed by atoms with van der Waals surface area (Å²) in [5.41, 5.74) is 7.43. The van der Waals surface area contributed by atoms with Crippen LogP contribution in [0.15, 0.2) is 22.8 Å². The first-order valence-corrected chi connectivity index (χ1v) is 6.02. The standard InChI is InChI=1S/C12H19BrN2/c1-12(2,3)7-10(14)6-11-5-4-9(13)8-15-11/h4-5,8,10H,6-7,14H2,1-3H3. The maximum absolute atomic E-state index is 6.08. The van der Waals surface area contributed by atoms with Crippen LogP contribution in [-0.2, 0) is 6.42 Å². The molecule has 84 valence electrons. The van der Waals surface area contributed by atoms with Crippen molar-refractivity contribution in [2.75, 3.05) is 0 Å². The second-order valence-corrected chi connectivity index (χ2v) is 6.11. The number of hydrogen-bond donors (Lipinski definition) is 1. The zero-order valence-corrected chi connectivity index (χ0v) is 11.2. The lowest BCUT2D eigenvalue weighted by Gasteiger charge is -2.22. The van der Waals surface area contributed by atoms with E-state index >= 15 is 0 Å². The van der Waals surface area contributed by atoms with Crippen LogP contribution in [0.3, 0.4) is 0 Å². The van der Waals surface area contributed by atoms with Gasteiger partial charge in [-0.2, -0.15) is 0 Å². The predicted molar refractivity (Wildman–Crippen MR) is 67.7 cm³/mol. The monoisotopic (exact) mass is 270 g/mol. The van der Waals surface area contributed by atoms with Gasteiger partial charge in [-0.3, -0.25) is 4.98 Å². The molecule has 1 rings (SSSR count). The lowest BCUT2D eigenvalue weighted by atomic mass is 9.87. The van der Waals surface area contributed by atoms with E-state index in [1.807, 2.05) is 18.3 Å². The van der Waals surface area contributed by atoms with E-state index in [-0.39, 0.29) is 11.5 Å². The Bertz CT molecular complexity index is 300. The first-order valence-electron chi connectivity index (χ1n) is 5.23. The Morgan fingerprint density at radius 2 is 2.07 bits per heavy atom. The summed E-state index contributed by atoms with van der Waals surface area (Å²) >= 11 is 3.37. The third kappa shape index (κ3) is 5.28. The summed E-state index contributed by atoms with van der Waals surface area (Å²) in [6.07, 6.45) is 3.69. The topological polar surface area (TPSA) is 38.9 Å². The molecule has 0 bridgehead atoms. The third-order valence-electron chi connectivity index (χ3n) is 2.13. The lowest BCUT2D eigenvalue weighted by Crippen LogP contribution is -2.28. The normalized spacial score (nSPS) is 13.9. The molecule has 0 spiro atoms. The summed E-state index contributed by atoms with van der Waals surface area (Å²) in [6, 6.07) is 4.22. The van der Waals surface area contributed by atoms with Crippen molar-refractivity contribution in [1.29, 1.82) is 0 Å². The second-order valence-electron chi connectivity index (χ2n) is 5.20. The van der Waals surface area contributed by atoms with Crippen LogP contribution >= 0.6 is 15.9 Å². The molecule has 1 aromatic rings. The smallest absolute Gasteiger partial charge is 0.0419 e. The van der Waals surface area contributed by atoms with Gasteiger partial charge in [-0.05, 0) is 39.9 Å². The largest absolute Gasteiger partial charge is 0.327 e. The van der Waals surface area contributed by atoms with Crippen molar-refractivity contribution in [3.05, 3.63) is 28.5 Å². The Kier molecular flexibility index (Phi) is 4.29. The molecule has 1 aromatic heterocycles. The van der Waals surface area contributed by atoms with Crippen molar-refractivity contribution in [3.8, 4) is 0 Å². The van der Waals surface area contributed by atoms with Gasteiger partial charge in [0.1, 0.15) is 0 Å². The van der Waals surface area contributed by atoms with Crippen LogP contribution in [0.4, 0.5) is 0 Å². The fourth-order valence-electron chi connectivity index (χ4n) is 1.65. The number of rotatable bonds is 3. The lowest BCUT2D eigenvalue weighted by molar-refractivity contribution is 0.337. The van der Waals surface area contributed by atoms with Gasteiger partial charge in [0.05, 0.1) is 0 Å². The highest BCUT2D eigenvalue weighted by molar-refractivity contribution is 9.10. The minimum atomic E-state index is 0.193. The van der Waals surface area contributed by atoms with E-state index in [0.717, 1.165) is 23.0 Å². The molecule has 0 aliphatic rings. The van der Waals surface area contributed by atoms with Gasteiger partial charge in [0.2, 0.25) is 0 Å². The second kappa shape index (κ2) is 5.08. The molecule has 2 N–H and O–H groups in total. The van der Waals surface area contributed by atoms with E-state index in [2.05, 4.69) is 41.7 Å². The summed E-state index contributed by atoms with van der Waals surface area (Å²) in [4.78, 5) is 4.32. The van der Waals surface area contributed by atoms with Crippen LogP contribution < -0.4 is 5.73 Å². The number of hydrogen-bond acceptors (Lipinski definition) is 2. The number of halogens is 1. The molecule has 0 fully saturated rings. The van der Waals surface area contributed by atoms with Gasteiger partial charge in [0.25, 0.3) is 0 Å². The highest BCUT2D eigenvalue weighted by Crippen LogP contribution is 2.21. The summed E-state index contributed by atoms with van der Waals surface area (Å²) in [5, 5.41) is 0. The molecule has 1 heterocycles. The average Bonchev–Trinajstić information content (AvgIpc) is 2.05. The minimum Gasteiger partial charge on any atom is -0.327 e. The highest BCUT2D eigenvalue weighted by Gasteiger charge is 2.16. The zero-order chi connectivity index (χ0) is 11.5. The van der Waals surface area contributed by atoms with Crippen molar-refractivity contribution in [3.63, 3.8) is 0 Å². The van der Waals surface area contributed by atoms with Crippen LogP contribution in [0.1, 0.15) is 32.9 Å². The van der Waals surface area contributed by atoms with Gasteiger partial charge in [-0.1, -0.05) is 20.8 Å². The SMILES string of the molecule is CC(C)(C)CC(N)Cc1ccc(Br)cn1. The van der Waals surface area contributed by atoms with Crippen LogP contribution in [0.5, 0.6) is 0 Å². The Balaban J connectivity index is 2.51. The molecule has 0 saturated carbocycles. The summed E-state index contributed by atoms with van der Waals surface area (Å²) in [7, 11) is 0. The average molecular weight is 271 g/mol. The molecular formula is C12H19BrN2. The fourth-order valence-corrected chi connectivity index (χ4v) is 1.89. The molecule has 3 heteroatoms. The summed E-state index contributed by atoms with van der Waals surface area (Å²) in [6.45, 7) is 6.63. The molecular weight excluding hydrogens is 252 g/mol. The Labute approximate surface area is 100 Å². The van der Waals surface area contributed by atoms with Gasteiger partial charge in [-0.25, -0.2) is 0 Å². The van der Waals surface area contributed by atoms with Crippen LogP contribution in [-0.4, -0.2) is 11.0 Å². The Morgan fingerprint density at radius 3 is 2.53 bits per heavy atom. The van der Waals surface area contributed by atoms with E-state index in [4.69, 9.17) is 5.73 Å². The van der Waals surface area contributed by atoms with E-state index in [1.54, 1.807) is 0 Å². The maximum Gasteiger partial charge on any atom is 0.0419 e. The fraction of sp³-hybridized carbons (Fsp3) is 0.583. The van der Waals surface area contributed by atoms with Crippen molar-refractivity contribution in [2.24, 2.45) is 11.1 Å². The molecule has 0 aliphatic carbocycles.